The van der Waals surface area contributed by atoms with Crippen molar-refractivity contribution in [3.05, 3.63) is 98.9 Å². The molecule has 3 aromatic carbocycles. The number of imide groups is 1. The molecule has 1 aliphatic heterocycles. The van der Waals surface area contributed by atoms with Gasteiger partial charge in [-0.05, 0) is 66.2 Å². The van der Waals surface area contributed by atoms with Gasteiger partial charge in [-0.25, -0.2) is 4.79 Å². The molecule has 0 saturated carbocycles. The standard InChI is InChI=1S/C26H20ClNO5S/c1-16-6-5-8-18(12-16)25(30)33-21-11-10-17(13-22(21)32-2)14-23-24(29)28(26(31)34-23)15-19-7-3-4-9-20(19)27/h3-14H,15H2,1-2H3/b23-14-. The summed E-state index contributed by atoms with van der Waals surface area (Å²) in [6.07, 6.45) is 1.60. The van der Waals surface area contributed by atoms with E-state index in [-0.39, 0.29) is 22.4 Å². The summed E-state index contributed by atoms with van der Waals surface area (Å²) in [7, 11) is 1.46. The van der Waals surface area contributed by atoms with Gasteiger partial charge in [0.2, 0.25) is 0 Å². The molecule has 4 rings (SSSR count). The Bertz CT molecular complexity index is 1320. The Kier molecular flexibility index (Phi) is 7.05. The van der Waals surface area contributed by atoms with Crippen LogP contribution in [0.25, 0.3) is 6.08 Å². The number of hydrogen-bond acceptors (Lipinski definition) is 6. The number of amides is 2. The van der Waals surface area contributed by atoms with Gasteiger partial charge in [0.05, 0.1) is 24.1 Å². The number of carbonyl (C=O) groups is 3. The molecule has 8 heteroatoms. The van der Waals surface area contributed by atoms with Crippen molar-refractivity contribution in [1.29, 1.82) is 0 Å². The van der Waals surface area contributed by atoms with Gasteiger partial charge in [0.15, 0.2) is 11.5 Å². The fraction of sp³-hybridized carbons (Fsp3) is 0.115. The second-order valence-corrected chi connectivity index (χ2v) is 8.93. The van der Waals surface area contributed by atoms with Crippen LogP contribution >= 0.6 is 23.4 Å². The largest absolute Gasteiger partial charge is 0.493 e. The minimum atomic E-state index is -0.504. The number of esters is 1. The zero-order chi connectivity index (χ0) is 24.2. The van der Waals surface area contributed by atoms with Crippen molar-refractivity contribution in [3.63, 3.8) is 0 Å². The number of rotatable bonds is 6. The van der Waals surface area contributed by atoms with Gasteiger partial charge in [-0.1, -0.05) is 53.6 Å². The number of hydrogen-bond donors (Lipinski definition) is 0. The molecule has 0 spiro atoms. The average molecular weight is 494 g/mol. The molecular formula is C26H20ClNO5S. The summed E-state index contributed by atoms with van der Waals surface area (Å²) in [4.78, 5) is 39.3. The molecular weight excluding hydrogens is 474 g/mol. The highest BCUT2D eigenvalue weighted by Gasteiger charge is 2.35. The van der Waals surface area contributed by atoms with Crippen LogP contribution in [0.3, 0.4) is 0 Å². The van der Waals surface area contributed by atoms with E-state index in [9.17, 15) is 14.4 Å². The van der Waals surface area contributed by atoms with Crippen molar-refractivity contribution in [2.75, 3.05) is 7.11 Å². The first-order valence-corrected chi connectivity index (χ1v) is 11.5. The monoisotopic (exact) mass is 493 g/mol. The molecule has 0 unspecified atom stereocenters. The molecule has 0 radical (unpaired) electrons. The zero-order valence-corrected chi connectivity index (χ0v) is 20.0. The number of methoxy groups -OCH3 is 1. The molecule has 1 fully saturated rings. The zero-order valence-electron chi connectivity index (χ0n) is 18.4. The highest BCUT2D eigenvalue weighted by Crippen LogP contribution is 2.36. The van der Waals surface area contributed by atoms with Gasteiger partial charge in [-0.3, -0.25) is 14.5 Å². The predicted molar refractivity (Wildman–Crippen MR) is 132 cm³/mol. The summed E-state index contributed by atoms with van der Waals surface area (Å²) in [5, 5.41) is 0.123. The summed E-state index contributed by atoms with van der Waals surface area (Å²) in [6.45, 7) is 1.99. The van der Waals surface area contributed by atoms with E-state index in [1.807, 2.05) is 13.0 Å². The van der Waals surface area contributed by atoms with E-state index in [0.717, 1.165) is 22.2 Å². The SMILES string of the molecule is COc1cc(/C=C2\SC(=O)N(Cc3ccccc3Cl)C2=O)ccc1OC(=O)c1cccc(C)c1. The minimum absolute atomic E-state index is 0.0961. The summed E-state index contributed by atoms with van der Waals surface area (Å²) in [5.74, 6) is -0.331. The van der Waals surface area contributed by atoms with Gasteiger partial charge in [0.1, 0.15) is 0 Å². The van der Waals surface area contributed by atoms with Gasteiger partial charge >= 0.3 is 5.97 Å². The van der Waals surface area contributed by atoms with Crippen LogP contribution in [-0.2, 0) is 11.3 Å². The number of nitrogens with zero attached hydrogens (tertiary/aromatic N) is 1. The quantitative estimate of drug-likeness (QED) is 0.234. The molecule has 0 aliphatic carbocycles. The van der Waals surface area contributed by atoms with Crippen molar-refractivity contribution >= 4 is 46.6 Å². The number of thioether (sulfide) groups is 1. The van der Waals surface area contributed by atoms with Crippen molar-refractivity contribution in [2.45, 2.75) is 13.5 Å². The summed E-state index contributed by atoms with van der Waals surface area (Å²) >= 11 is 7.03. The topological polar surface area (TPSA) is 72.9 Å². The van der Waals surface area contributed by atoms with Crippen LogP contribution in [-0.4, -0.2) is 29.1 Å². The third kappa shape index (κ3) is 5.16. The molecule has 1 heterocycles. The van der Waals surface area contributed by atoms with Crippen molar-refractivity contribution < 1.29 is 23.9 Å². The van der Waals surface area contributed by atoms with Crippen LogP contribution in [0.1, 0.15) is 27.0 Å². The molecule has 6 nitrogen and oxygen atoms in total. The average Bonchev–Trinajstić information content (AvgIpc) is 3.08. The molecule has 0 bridgehead atoms. The molecule has 1 saturated heterocycles. The second-order valence-electron chi connectivity index (χ2n) is 7.53. The van der Waals surface area contributed by atoms with Crippen LogP contribution in [0.5, 0.6) is 11.5 Å². The van der Waals surface area contributed by atoms with Gasteiger partial charge in [-0.2, -0.15) is 0 Å². The lowest BCUT2D eigenvalue weighted by molar-refractivity contribution is -0.123. The Morgan fingerprint density at radius 3 is 2.56 bits per heavy atom. The fourth-order valence-corrected chi connectivity index (χ4v) is 4.41. The third-order valence-electron chi connectivity index (χ3n) is 5.10. The van der Waals surface area contributed by atoms with E-state index >= 15 is 0 Å². The Hall–Kier alpha value is -3.55. The summed E-state index contributed by atoms with van der Waals surface area (Å²) in [5.41, 5.74) is 2.68. The van der Waals surface area contributed by atoms with Gasteiger partial charge < -0.3 is 9.47 Å². The Morgan fingerprint density at radius 2 is 1.82 bits per heavy atom. The van der Waals surface area contributed by atoms with E-state index in [4.69, 9.17) is 21.1 Å². The highest BCUT2D eigenvalue weighted by atomic mass is 35.5. The molecule has 1 aliphatic rings. The fourth-order valence-electron chi connectivity index (χ4n) is 3.37. The van der Waals surface area contributed by atoms with E-state index in [2.05, 4.69) is 0 Å². The number of carbonyl (C=O) groups excluding carboxylic acids is 3. The molecule has 0 N–H and O–H groups in total. The second kappa shape index (κ2) is 10.2. The van der Waals surface area contributed by atoms with Gasteiger partial charge in [-0.15, -0.1) is 0 Å². The maximum Gasteiger partial charge on any atom is 0.343 e. The minimum Gasteiger partial charge on any atom is -0.493 e. The Labute approximate surface area is 206 Å². The number of benzene rings is 3. The van der Waals surface area contributed by atoms with E-state index in [1.54, 1.807) is 66.7 Å². The molecule has 0 atom stereocenters. The van der Waals surface area contributed by atoms with Crippen LogP contribution in [0.15, 0.2) is 71.6 Å². The maximum atomic E-state index is 12.9. The van der Waals surface area contributed by atoms with Crippen molar-refractivity contribution in [2.24, 2.45) is 0 Å². The predicted octanol–water partition coefficient (Wildman–Crippen LogP) is 6.11. The van der Waals surface area contributed by atoms with Crippen molar-refractivity contribution in [1.82, 2.24) is 4.90 Å². The Balaban J connectivity index is 1.53. The molecule has 0 aromatic heterocycles. The van der Waals surface area contributed by atoms with Crippen LogP contribution < -0.4 is 9.47 Å². The van der Waals surface area contributed by atoms with Crippen LogP contribution in [0, 0.1) is 6.92 Å². The summed E-state index contributed by atoms with van der Waals surface area (Å²) in [6, 6.07) is 19.1. The normalized spacial score (nSPS) is 14.6. The molecule has 172 valence electrons. The van der Waals surface area contributed by atoms with Crippen molar-refractivity contribution in [3.8, 4) is 11.5 Å². The maximum absolute atomic E-state index is 12.9. The smallest absolute Gasteiger partial charge is 0.343 e. The first-order valence-electron chi connectivity index (χ1n) is 10.3. The molecule has 2 amide bonds. The number of halogens is 1. The van der Waals surface area contributed by atoms with Gasteiger partial charge in [0.25, 0.3) is 11.1 Å². The lowest BCUT2D eigenvalue weighted by atomic mass is 10.1. The van der Waals surface area contributed by atoms with E-state index in [1.165, 1.54) is 7.11 Å². The molecule has 3 aromatic rings. The van der Waals surface area contributed by atoms with Gasteiger partial charge in [0, 0.05) is 5.02 Å². The summed E-state index contributed by atoms with van der Waals surface area (Å²) < 4.78 is 10.9. The van der Waals surface area contributed by atoms with E-state index in [0.29, 0.717) is 27.5 Å². The van der Waals surface area contributed by atoms with E-state index < -0.39 is 11.9 Å². The van der Waals surface area contributed by atoms with Crippen LogP contribution in [0.2, 0.25) is 5.02 Å². The third-order valence-corrected chi connectivity index (χ3v) is 6.38. The Morgan fingerprint density at radius 1 is 1.03 bits per heavy atom. The first kappa shape index (κ1) is 23.6. The van der Waals surface area contributed by atoms with Crippen LogP contribution in [0.4, 0.5) is 4.79 Å². The molecule has 34 heavy (non-hydrogen) atoms. The lowest BCUT2D eigenvalue weighted by Gasteiger charge is -2.13. The highest BCUT2D eigenvalue weighted by molar-refractivity contribution is 8.18. The number of aryl methyl sites for hydroxylation is 1. The first-order chi connectivity index (χ1) is 16.4. The lowest BCUT2D eigenvalue weighted by Crippen LogP contribution is -2.27. The number of ether oxygens (including phenoxy) is 2.